The number of nitrogens with one attached hydrogen (secondary N) is 1. The summed E-state index contributed by atoms with van der Waals surface area (Å²) in [6.45, 7) is 4.55. The van der Waals surface area contributed by atoms with Gasteiger partial charge in [0.1, 0.15) is 5.75 Å². The average molecular weight is 270 g/mol. The molecule has 1 aromatic carbocycles. The molecule has 1 amide bonds. The van der Waals surface area contributed by atoms with Crippen molar-refractivity contribution in [3.63, 3.8) is 0 Å². The molecule has 104 valence electrons. The minimum atomic E-state index is -0.103. The molecule has 1 aromatic heterocycles. The summed E-state index contributed by atoms with van der Waals surface area (Å²) in [6, 6.07) is 11.1. The summed E-state index contributed by atoms with van der Waals surface area (Å²) in [5.41, 5.74) is 1.65. The van der Waals surface area contributed by atoms with E-state index in [9.17, 15) is 4.79 Å². The van der Waals surface area contributed by atoms with Crippen molar-refractivity contribution < 1.29 is 9.53 Å². The highest BCUT2D eigenvalue weighted by Crippen LogP contribution is 2.18. The molecule has 0 saturated heterocycles. The quantitative estimate of drug-likeness (QED) is 0.908. The number of amides is 1. The van der Waals surface area contributed by atoms with E-state index in [1.54, 1.807) is 24.5 Å². The first kappa shape index (κ1) is 14.1. The summed E-state index contributed by atoms with van der Waals surface area (Å²) in [4.78, 5) is 15.9. The van der Waals surface area contributed by atoms with Gasteiger partial charge in [0.05, 0.1) is 12.6 Å². The number of carbonyl (C=O) groups excluding carboxylic acids is 1. The average Bonchev–Trinajstić information content (AvgIpc) is 2.49. The molecule has 4 heteroatoms. The number of carbonyl (C=O) groups is 1. The lowest BCUT2D eigenvalue weighted by Crippen LogP contribution is -2.26. The van der Waals surface area contributed by atoms with E-state index < -0.39 is 0 Å². The molecule has 0 unspecified atom stereocenters. The molecule has 1 atom stereocenters. The topological polar surface area (TPSA) is 51.2 Å². The maximum atomic E-state index is 12.0. The molecule has 2 aromatic rings. The summed E-state index contributed by atoms with van der Waals surface area (Å²) in [5, 5.41) is 2.96. The van der Waals surface area contributed by atoms with Gasteiger partial charge in [-0.15, -0.1) is 0 Å². The zero-order valence-corrected chi connectivity index (χ0v) is 11.7. The third kappa shape index (κ3) is 3.57. The van der Waals surface area contributed by atoms with E-state index in [-0.39, 0.29) is 11.9 Å². The minimum Gasteiger partial charge on any atom is -0.494 e. The fourth-order valence-corrected chi connectivity index (χ4v) is 1.89. The molecule has 0 saturated carbocycles. The van der Waals surface area contributed by atoms with E-state index >= 15 is 0 Å². The van der Waals surface area contributed by atoms with Crippen molar-refractivity contribution >= 4 is 5.91 Å². The van der Waals surface area contributed by atoms with Crippen LogP contribution in [0.5, 0.6) is 5.75 Å². The molecule has 1 N–H and O–H groups in total. The van der Waals surface area contributed by atoms with Gasteiger partial charge in [0, 0.05) is 18.0 Å². The van der Waals surface area contributed by atoms with Crippen LogP contribution in [0.15, 0.2) is 48.8 Å². The van der Waals surface area contributed by atoms with Crippen molar-refractivity contribution in [2.75, 3.05) is 6.61 Å². The van der Waals surface area contributed by atoms with Crippen molar-refractivity contribution in [3.05, 3.63) is 59.9 Å². The van der Waals surface area contributed by atoms with Crippen LogP contribution in [-0.4, -0.2) is 17.5 Å². The van der Waals surface area contributed by atoms with Gasteiger partial charge in [0.25, 0.3) is 5.91 Å². The van der Waals surface area contributed by atoms with E-state index in [1.165, 1.54) is 0 Å². The van der Waals surface area contributed by atoms with Crippen molar-refractivity contribution in [1.29, 1.82) is 0 Å². The zero-order chi connectivity index (χ0) is 14.4. The van der Waals surface area contributed by atoms with Gasteiger partial charge in [0.2, 0.25) is 0 Å². The molecule has 0 aliphatic carbocycles. The number of rotatable bonds is 5. The lowest BCUT2D eigenvalue weighted by atomic mass is 10.1. The van der Waals surface area contributed by atoms with E-state index in [2.05, 4.69) is 10.3 Å². The number of benzene rings is 1. The smallest absolute Gasteiger partial charge is 0.251 e. The Balaban J connectivity index is 2.01. The largest absolute Gasteiger partial charge is 0.494 e. The summed E-state index contributed by atoms with van der Waals surface area (Å²) in [6.07, 6.45) is 3.22. The van der Waals surface area contributed by atoms with Crippen LogP contribution in [0.25, 0.3) is 0 Å². The first-order chi connectivity index (χ1) is 9.70. The molecule has 0 bridgehead atoms. The predicted octanol–water partition coefficient (Wildman–Crippen LogP) is 2.97. The normalized spacial score (nSPS) is 11.7. The molecule has 1 heterocycles. The summed E-state index contributed by atoms with van der Waals surface area (Å²) in [5.74, 6) is 0.734. The molecule has 0 fully saturated rings. The maximum Gasteiger partial charge on any atom is 0.251 e. The Morgan fingerprint density at radius 1 is 1.20 bits per heavy atom. The van der Waals surface area contributed by atoms with Gasteiger partial charge < -0.3 is 10.1 Å². The molecule has 2 rings (SSSR count). The van der Waals surface area contributed by atoms with Crippen LogP contribution in [-0.2, 0) is 0 Å². The SMILES string of the molecule is CCOc1ccc([C@@H](C)NC(=O)c2ccncc2)cc1. The highest BCUT2D eigenvalue weighted by molar-refractivity contribution is 5.94. The first-order valence-electron chi connectivity index (χ1n) is 6.64. The predicted molar refractivity (Wildman–Crippen MR) is 77.7 cm³/mol. The molecule has 0 aliphatic heterocycles. The van der Waals surface area contributed by atoms with Crippen molar-refractivity contribution in [3.8, 4) is 5.75 Å². The zero-order valence-electron chi connectivity index (χ0n) is 11.7. The number of nitrogens with zero attached hydrogens (tertiary/aromatic N) is 1. The Kier molecular flexibility index (Phi) is 4.71. The molecule has 20 heavy (non-hydrogen) atoms. The van der Waals surface area contributed by atoms with Crippen molar-refractivity contribution in [2.24, 2.45) is 0 Å². The van der Waals surface area contributed by atoms with E-state index in [4.69, 9.17) is 4.74 Å². The van der Waals surface area contributed by atoms with Gasteiger partial charge in [-0.25, -0.2) is 0 Å². The second-order valence-corrected chi connectivity index (χ2v) is 4.43. The first-order valence-corrected chi connectivity index (χ1v) is 6.64. The van der Waals surface area contributed by atoms with E-state index in [1.807, 2.05) is 38.1 Å². The van der Waals surface area contributed by atoms with Crippen LogP contribution in [0.1, 0.15) is 35.8 Å². The Morgan fingerprint density at radius 3 is 2.45 bits per heavy atom. The third-order valence-electron chi connectivity index (χ3n) is 2.98. The highest BCUT2D eigenvalue weighted by Gasteiger charge is 2.11. The molecule has 4 nitrogen and oxygen atoms in total. The van der Waals surface area contributed by atoms with Crippen LogP contribution in [0.3, 0.4) is 0 Å². The van der Waals surface area contributed by atoms with Crippen molar-refractivity contribution in [1.82, 2.24) is 10.3 Å². The van der Waals surface area contributed by atoms with Gasteiger partial charge in [0.15, 0.2) is 0 Å². The van der Waals surface area contributed by atoms with E-state index in [0.29, 0.717) is 12.2 Å². The van der Waals surface area contributed by atoms with Crippen LogP contribution in [0.2, 0.25) is 0 Å². The molecule has 0 spiro atoms. The van der Waals surface area contributed by atoms with Gasteiger partial charge >= 0.3 is 0 Å². The fourth-order valence-electron chi connectivity index (χ4n) is 1.89. The van der Waals surface area contributed by atoms with Crippen LogP contribution in [0, 0.1) is 0 Å². The van der Waals surface area contributed by atoms with Gasteiger partial charge in [-0.1, -0.05) is 12.1 Å². The summed E-state index contributed by atoms with van der Waals surface area (Å²) < 4.78 is 5.40. The molecular weight excluding hydrogens is 252 g/mol. The maximum absolute atomic E-state index is 12.0. The highest BCUT2D eigenvalue weighted by atomic mass is 16.5. The Morgan fingerprint density at radius 2 is 1.85 bits per heavy atom. The minimum absolute atomic E-state index is 0.0636. The number of hydrogen-bond acceptors (Lipinski definition) is 3. The second-order valence-electron chi connectivity index (χ2n) is 4.43. The van der Waals surface area contributed by atoms with Gasteiger partial charge in [-0.3, -0.25) is 9.78 Å². The lowest BCUT2D eigenvalue weighted by Gasteiger charge is -2.15. The lowest BCUT2D eigenvalue weighted by molar-refractivity contribution is 0.0940. The molecule has 0 radical (unpaired) electrons. The number of ether oxygens (including phenoxy) is 1. The standard InChI is InChI=1S/C16H18N2O2/c1-3-20-15-6-4-13(5-7-15)12(2)18-16(19)14-8-10-17-11-9-14/h4-12H,3H2,1-2H3,(H,18,19)/t12-/m1/s1. The van der Waals surface area contributed by atoms with Crippen LogP contribution in [0.4, 0.5) is 0 Å². The number of hydrogen-bond donors (Lipinski definition) is 1. The third-order valence-corrected chi connectivity index (χ3v) is 2.98. The summed E-state index contributed by atoms with van der Waals surface area (Å²) in [7, 11) is 0. The fraction of sp³-hybridized carbons (Fsp3) is 0.250. The molecule has 0 aliphatic rings. The van der Waals surface area contributed by atoms with Gasteiger partial charge in [-0.2, -0.15) is 0 Å². The number of pyridine rings is 1. The summed E-state index contributed by atoms with van der Waals surface area (Å²) >= 11 is 0. The van der Waals surface area contributed by atoms with Crippen LogP contribution < -0.4 is 10.1 Å². The Bertz CT molecular complexity index is 552. The number of aromatic nitrogens is 1. The van der Waals surface area contributed by atoms with Crippen molar-refractivity contribution in [2.45, 2.75) is 19.9 Å². The van der Waals surface area contributed by atoms with Gasteiger partial charge in [-0.05, 0) is 43.7 Å². The van der Waals surface area contributed by atoms with E-state index in [0.717, 1.165) is 11.3 Å². The molecular formula is C16H18N2O2. The van der Waals surface area contributed by atoms with Crippen LogP contribution >= 0.6 is 0 Å². The second kappa shape index (κ2) is 6.70. The Labute approximate surface area is 118 Å². The Hall–Kier alpha value is -2.36. The monoisotopic (exact) mass is 270 g/mol.